The molecule has 1 aromatic rings. The van der Waals surface area contributed by atoms with Gasteiger partial charge in [-0.1, -0.05) is 13.8 Å². The summed E-state index contributed by atoms with van der Waals surface area (Å²) in [7, 11) is 0. The average molecular weight is 253 g/mol. The van der Waals surface area contributed by atoms with Crippen LogP contribution in [0.2, 0.25) is 0 Å². The third-order valence-electron chi connectivity index (χ3n) is 3.37. The molecule has 1 fully saturated rings. The molecule has 1 aliphatic rings. The highest BCUT2D eigenvalue weighted by Crippen LogP contribution is 2.26. The van der Waals surface area contributed by atoms with Crippen LogP contribution in [0, 0.1) is 0 Å². The van der Waals surface area contributed by atoms with Gasteiger partial charge in [-0.25, -0.2) is 0 Å². The van der Waals surface area contributed by atoms with Crippen molar-refractivity contribution in [3.8, 4) is 0 Å². The molecule has 1 amide bonds. The standard InChI is InChI=1S/C13H19NO2S/c1-4-11-5-6-12(16-11)13(15)14-7-8-17-10(3)9(14)2/h5-6,9-10H,4,7-8H2,1-3H3/t9-,10-/m1/s1. The lowest BCUT2D eigenvalue weighted by Gasteiger charge is -2.36. The van der Waals surface area contributed by atoms with Gasteiger partial charge in [0.2, 0.25) is 0 Å². The van der Waals surface area contributed by atoms with Crippen molar-refractivity contribution < 1.29 is 9.21 Å². The predicted molar refractivity (Wildman–Crippen MR) is 70.5 cm³/mol. The van der Waals surface area contributed by atoms with Gasteiger partial charge in [0.1, 0.15) is 5.76 Å². The largest absolute Gasteiger partial charge is 0.456 e. The number of carbonyl (C=O) groups excluding carboxylic acids is 1. The van der Waals surface area contributed by atoms with E-state index in [9.17, 15) is 4.79 Å². The van der Waals surface area contributed by atoms with Crippen molar-refractivity contribution in [1.29, 1.82) is 0 Å². The molecule has 17 heavy (non-hydrogen) atoms. The lowest BCUT2D eigenvalue weighted by Crippen LogP contribution is -2.47. The van der Waals surface area contributed by atoms with Crippen LogP contribution in [0.25, 0.3) is 0 Å². The number of carbonyl (C=O) groups is 1. The zero-order valence-electron chi connectivity index (χ0n) is 10.6. The summed E-state index contributed by atoms with van der Waals surface area (Å²) in [5, 5.41) is 0.494. The summed E-state index contributed by atoms with van der Waals surface area (Å²) in [5.41, 5.74) is 0. The Balaban J connectivity index is 2.13. The van der Waals surface area contributed by atoms with E-state index in [-0.39, 0.29) is 11.9 Å². The molecule has 2 rings (SSSR count). The fourth-order valence-electron chi connectivity index (χ4n) is 2.04. The molecule has 0 saturated carbocycles. The van der Waals surface area contributed by atoms with Gasteiger partial charge in [-0.05, 0) is 19.1 Å². The maximum Gasteiger partial charge on any atom is 0.289 e. The Morgan fingerprint density at radius 1 is 1.53 bits per heavy atom. The van der Waals surface area contributed by atoms with E-state index in [0.29, 0.717) is 11.0 Å². The molecule has 2 heterocycles. The molecule has 0 aliphatic carbocycles. The monoisotopic (exact) mass is 253 g/mol. The number of rotatable bonds is 2. The maximum atomic E-state index is 12.3. The Labute approximate surface area is 107 Å². The molecule has 1 aliphatic heterocycles. The zero-order valence-corrected chi connectivity index (χ0v) is 11.4. The van der Waals surface area contributed by atoms with Crippen molar-refractivity contribution in [2.24, 2.45) is 0 Å². The molecule has 1 aromatic heterocycles. The fraction of sp³-hybridized carbons (Fsp3) is 0.615. The van der Waals surface area contributed by atoms with Crippen molar-refractivity contribution in [2.45, 2.75) is 38.5 Å². The topological polar surface area (TPSA) is 33.5 Å². The van der Waals surface area contributed by atoms with Crippen molar-refractivity contribution in [3.05, 3.63) is 23.7 Å². The molecule has 0 radical (unpaired) electrons. The van der Waals surface area contributed by atoms with Gasteiger partial charge in [0, 0.05) is 30.0 Å². The Morgan fingerprint density at radius 2 is 2.29 bits per heavy atom. The summed E-state index contributed by atoms with van der Waals surface area (Å²) in [5.74, 6) is 2.40. The molecule has 4 heteroatoms. The SMILES string of the molecule is CCc1ccc(C(=O)N2CCS[C@H](C)[C@H]2C)o1. The number of nitrogens with zero attached hydrogens (tertiary/aromatic N) is 1. The van der Waals surface area contributed by atoms with Crippen LogP contribution in [0.15, 0.2) is 16.5 Å². The van der Waals surface area contributed by atoms with Crippen LogP contribution in [0.5, 0.6) is 0 Å². The second-order valence-corrected chi connectivity index (χ2v) is 5.92. The van der Waals surface area contributed by atoms with Crippen molar-refractivity contribution >= 4 is 17.7 Å². The Morgan fingerprint density at radius 3 is 2.94 bits per heavy atom. The van der Waals surface area contributed by atoms with E-state index in [1.54, 1.807) is 6.07 Å². The van der Waals surface area contributed by atoms with E-state index in [1.165, 1.54) is 0 Å². The summed E-state index contributed by atoms with van der Waals surface area (Å²) in [6, 6.07) is 3.96. The van der Waals surface area contributed by atoms with Crippen LogP contribution < -0.4 is 0 Å². The smallest absolute Gasteiger partial charge is 0.289 e. The van der Waals surface area contributed by atoms with E-state index in [0.717, 1.165) is 24.5 Å². The normalized spacial score (nSPS) is 25.0. The molecule has 2 atom stereocenters. The first kappa shape index (κ1) is 12.6. The fourth-order valence-corrected chi connectivity index (χ4v) is 3.14. The number of aryl methyl sites for hydroxylation is 1. The highest BCUT2D eigenvalue weighted by molar-refractivity contribution is 8.00. The van der Waals surface area contributed by atoms with Crippen LogP contribution in [0.1, 0.15) is 37.1 Å². The van der Waals surface area contributed by atoms with Gasteiger partial charge in [0.25, 0.3) is 5.91 Å². The predicted octanol–water partition coefficient (Wildman–Crippen LogP) is 2.81. The zero-order chi connectivity index (χ0) is 12.4. The molecular weight excluding hydrogens is 234 g/mol. The highest BCUT2D eigenvalue weighted by Gasteiger charge is 2.30. The van der Waals surface area contributed by atoms with Crippen LogP contribution in [0.3, 0.4) is 0 Å². The van der Waals surface area contributed by atoms with Gasteiger partial charge in [-0.3, -0.25) is 4.79 Å². The molecule has 0 bridgehead atoms. The van der Waals surface area contributed by atoms with Crippen LogP contribution in [-0.2, 0) is 6.42 Å². The van der Waals surface area contributed by atoms with Gasteiger partial charge in [-0.2, -0.15) is 11.8 Å². The van der Waals surface area contributed by atoms with Crippen LogP contribution in [-0.4, -0.2) is 34.4 Å². The van der Waals surface area contributed by atoms with Gasteiger partial charge in [-0.15, -0.1) is 0 Å². The Hall–Kier alpha value is -0.900. The number of hydrogen-bond donors (Lipinski definition) is 0. The minimum atomic E-state index is 0.0318. The summed E-state index contributed by atoms with van der Waals surface area (Å²) in [4.78, 5) is 14.2. The third kappa shape index (κ3) is 2.51. The molecule has 3 nitrogen and oxygen atoms in total. The molecular formula is C13H19NO2S. The van der Waals surface area contributed by atoms with Crippen molar-refractivity contribution in [3.63, 3.8) is 0 Å². The first-order valence-corrected chi connectivity index (χ1v) is 7.19. The Kier molecular flexibility index (Phi) is 3.82. The second kappa shape index (κ2) is 5.17. The molecule has 0 aromatic carbocycles. The van der Waals surface area contributed by atoms with Crippen LogP contribution in [0.4, 0.5) is 0 Å². The van der Waals surface area contributed by atoms with E-state index >= 15 is 0 Å². The quantitative estimate of drug-likeness (QED) is 0.812. The van der Waals surface area contributed by atoms with E-state index in [2.05, 4.69) is 13.8 Å². The molecule has 0 spiro atoms. The summed E-state index contributed by atoms with van der Waals surface area (Å²) in [6.45, 7) is 7.12. The minimum absolute atomic E-state index is 0.0318. The molecule has 1 saturated heterocycles. The first-order chi connectivity index (χ1) is 8.13. The lowest BCUT2D eigenvalue weighted by molar-refractivity contribution is 0.0664. The summed E-state index contributed by atoms with van der Waals surface area (Å²) < 4.78 is 5.53. The number of amides is 1. The van der Waals surface area contributed by atoms with Crippen molar-refractivity contribution in [2.75, 3.05) is 12.3 Å². The molecule has 0 N–H and O–H groups in total. The van der Waals surface area contributed by atoms with Gasteiger partial charge < -0.3 is 9.32 Å². The van der Waals surface area contributed by atoms with E-state index in [4.69, 9.17) is 4.42 Å². The lowest BCUT2D eigenvalue weighted by atomic mass is 10.2. The average Bonchev–Trinajstić information content (AvgIpc) is 2.80. The van der Waals surface area contributed by atoms with E-state index < -0.39 is 0 Å². The third-order valence-corrected chi connectivity index (χ3v) is 4.70. The maximum absolute atomic E-state index is 12.3. The van der Waals surface area contributed by atoms with Gasteiger partial charge in [0.15, 0.2) is 5.76 Å². The Bertz CT molecular complexity index is 402. The number of thioether (sulfide) groups is 1. The summed E-state index contributed by atoms with van der Waals surface area (Å²) in [6.07, 6.45) is 0.828. The number of hydrogen-bond acceptors (Lipinski definition) is 3. The number of furan rings is 1. The van der Waals surface area contributed by atoms with E-state index in [1.807, 2.05) is 29.7 Å². The highest BCUT2D eigenvalue weighted by atomic mass is 32.2. The molecule has 94 valence electrons. The second-order valence-electron chi connectivity index (χ2n) is 4.43. The minimum Gasteiger partial charge on any atom is -0.456 e. The first-order valence-electron chi connectivity index (χ1n) is 6.14. The molecule has 0 unspecified atom stereocenters. The van der Waals surface area contributed by atoms with Gasteiger partial charge in [0.05, 0.1) is 0 Å². The van der Waals surface area contributed by atoms with Crippen LogP contribution >= 0.6 is 11.8 Å². The van der Waals surface area contributed by atoms with Crippen molar-refractivity contribution in [1.82, 2.24) is 4.90 Å². The summed E-state index contributed by atoms with van der Waals surface area (Å²) >= 11 is 1.93. The van der Waals surface area contributed by atoms with Gasteiger partial charge >= 0.3 is 0 Å².